The van der Waals surface area contributed by atoms with Gasteiger partial charge in [-0.25, -0.2) is 4.79 Å². The summed E-state index contributed by atoms with van der Waals surface area (Å²) in [5.74, 6) is -6.27. The van der Waals surface area contributed by atoms with Crippen LogP contribution in [0.2, 0.25) is 0 Å². The predicted octanol–water partition coefficient (Wildman–Crippen LogP) is -1.12. The van der Waals surface area contributed by atoms with Gasteiger partial charge in [-0.2, -0.15) is 0 Å². The maximum atomic E-state index is 13.3. The van der Waals surface area contributed by atoms with Crippen LogP contribution in [0.1, 0.15) is 45.1 Å². The molecule has 1 rings (SSSR count). The summed E-state index contributed by atoms with van der Waals surface area (Å²) in [6.45, 7) is 3.43. The fourth-order valence-electron chi connectivity index (χ4n) is 3.37. The molecule has 1 aromatic rings. The zero-order valence-electron chi connectivity index (χ0n) is 20.8. The minimum absolute atomic E-state index is 0.0400. The average molecular weight is 522 g/mol. The van der Waals surface area contributed by atoms with Crippen LogP contribution in [-0.2, 0) is 35.2 Å². The van der Waals surface area contributed by atoms with E-state index in [0.29, 0.717) is 12.0 Å². The smallest absolute Gasteiger partial charge is 0.326 e. The SMILES string of the molecule is CCC(C)C(NC(=O)C(Cc1ccccc1)NC(=O)C(N)CCC(=O)O)C(=O)NC(CC(N)=O)C(=O)O. The van der Waals surface area contributed by atoms with Crippen LogP contribution in [0.15, 0.2) is 30.3 Å². The third-order valence-corrected chi connectivity index (χ3v) is 5.73. The van der Waals surface area contributed by atoms with Crippen molar-refractivity contribution in [1.82, 2.24) is 16.0 Å². The highest BCUT2D eigenvalue weighted by molar-refractivity contribution is 5.95. The number of nitrogens with one attached hydrogen (secondary N) is 3. The van der Waals surface area contributed by atoms with Gasteiger partial charge in [0.2, 0.25) is 23.6 Å². The summed E-state index contributed by atoms with van der Waals surface area (Å²) in [5, 5.41) is 25.5. The van der Waals surface area contributed by atoms with E-state index >= 15 is 0 Å². The lowest BCUT2D eigenvalue weighted by Gasteiger charge is -2.28. The molecule has 0 aliphatic carbocycles. The fourth-order valence-corrected chi connectivity index (χ4v) is 3.37. The highest BCUT2D eigenvalue weighted by atomic mass is 16.4. The quantitative estimate of drug-likeness (QED) is 0.139. The summed E-state index contributed by atoms with van der Waals surface area (Å²) in [4.78, 5) is 72.2. The Labute approximate surface area is 214 Å². The van der Waals surface area contributed by atoms with E-state index in [0.717, 1.165) is 0 Å². The zero-order valence-corrected chi connectivity index (χ0v) is 20.8. The molecule has 0 aromatic heterocycles. The second kappa shape index (κ2) is 15.2. The lowest BCUT2D eigenvalue weighted by molar-refractivity contribution is -0.144. The van der Waals surface area contributed by atoms with Crippen LogP contribution in [-0.4, -0.2) is 69.9 Å². The van der Waals surface area contributed by atoms with Gasteiger partial charge < -0.3 is 37.6 Å². The Bertz CT molecular complexity index is 971. The normalized spacial score (nSPS) is 14.8. The van der Waals surface area contributed by atoms with Gasteiger partial charge in [0.1, 0.15) is 18.1 Å². The molecule has 37 heavy (non-hydrogen) atoms. The van der Waals surface area contributed by atoms with Gasteiger partial charge in [0, 0.05) is 12.8 Å². The molecule has 13 heteroatoms. The van der Waals surface area contributed by atoms with Crippen LogP contribution in [0.25, 0.3) is 0 Å². The van der Waals surface area contributed by atoms with Gasteiger partial charge in [-0.1, -0.05) is 50.6 Å². The van der Waals surface area contributed by atoms with Crippen molar-refractivity contribution in [3.05, 3.63) is 35.9 Å². The molecule has 13 nitrogen and oxygen atoms in total. The van der Waals surface area contributed by atoms with Gasteiger partial charge >= 0.3 is 11.9 Å². The van der Waals surface area contributed by atoms with Crippen molar-refractivity contribution in [2.24, 2.45) is 17.4 Å². The van der Waals surface area contributed by atoms with Crippen molar-refractivity contribution >= 4 is 35.6 Å². The van der Waals surface area contributed by atoms with Crippen molar-refractivity contribution in [3.8, 4) is 0 Å². The van der Waals surface area contributed by atoms with Crippen LogP contribution < -0.4 is 27.4 Å². The molecule has 5 unspecified atom stereocenters. The number of aliphatic carboxylic acids is 2. The molecule has 0 spiro atoms. The van der Waals surface area contributed by atoms with Crippen LogP contribution in [0, 0.1) is 5.92 Å². The fraction of sp³-hybridized carbons (Fsp3) is 0.500. The largest absolute Gasteiger partial charge is 0.481 e. The summed E-state index contributed by atoms with van der Waals surface area (Å²) < 4.78 is 0. The first-order valence-electron chi connectivity index (χ1n) is 11.8. The number of carbonyl (C=O) groups excluding carboxylic acids is 4. The summed E-state index contributed by atoms with van der Waals surface area (Å²) in [6.07, 6.45) is -0.644. The van der Waals surface area contributed by atoms with Crippen molar-refractivity contribution in [1.29, 1.82) is 0 Å². The average Bonchev–Trinajstić information content (AvgIpc) is 2.84. The Morgan fingerprint density at radius 2 is 1.49 bits per heavy atom. The number of carboxylic acid groups (broad SMARTS) is 2. The molecule has 9 N–H and O–H groups in total. The van der Waals surface area contributed by atoms with E-state index in [1.165, 1.54) is 0 Å². The number of nitrogens with two attached hydrogens (primary N) is 2. The predicted molar refractivity (Wildman–Crippen MR) is 132 cm³/mol. The Balaban J connectivity index is 3.12. The van der Waals surface area contributed by atoms with Crippen LogP contribution in [0.5, 0.6) is 0 Å². The molecular formula is C24H35N5O8. The second-order valence-corrected chi connectivity index (χ2v) is 8.73. The molecule has 0 aliphatic heterocycles. The Morgan fingerprint density at radius 1 is 0.892 bits per heavy atom. The Hall–Kier alpha value is -4.00. The second-order valence-electron chi connectivity index (χ2n) is 8.73. The zero-order chi connectivity index (χ0) is 28.1. The van der Waals surface area contributed by atoms with E-state index in [-0.39, 0.29) is 19.3 Å². The minimum atomic E-state index is -1.58. The third-order valence-electron chi connectivity index (χ3n) is 5.73. The van der Waals surface area contributed by atoms with Gasteiger partial charge in [0.05, 0.1) is 12.5 Å². The first kappa shape index (κ1) is 31.0. The number of carbonyl (C=O) groups is 6. The highest BCUT2D eigenvalue weighted by Gasteiger charge is 2.33. The van der Waals surface area contributed by atoms with E-state index in [9.17, 15) is 33.9 Å². The summed E-state index contributed by atoms with van der Waals surface area (Å²) >= 11 is 0. The third kappa shape index (κ3) is 11.1. The topological polar surface area (TPSA) is 231 Å². The molecule has 0 bridgehead atoms. The molecule has 0 aliphatic rings. The molecule has 5 atom stereocenters. The maximum absolute atomic E-state index is 13.3. The van der Waals surface area contributed by atoms with Crippen molar-refractivity contribution in [2.45, 2.75) is 70.1 Å². The number of hydrogen-bond donors (Lipinski definition) is 7. The first-order chi connectivity index (χ1) is 17.3. The molecule has 4 amide bonds. The lowest BCUT2D eigenvalue weighted by Crippen LogP contribution is -2.59. The Morgan fingerprint density at radius 3 is 2.00 bits per heavy atom. The number of benzene rings is 1. The summed E-state index contributed by atoms with van der Waals surface area (Å²) in [6, 6.07) is 3.59. The number of hydrogen-bond acceptors (Lipinski definition) is 7. The van der Waals surface area contributed by atoms with Gasteiger partial charge in [-0.05, 0) is 17.9 Å². The molecule has 0 saturated heterocycles. The van der Waals surface area contributed by atoms with Crippen molar-refractivity contribution in [2.75, 3.05) is 0 Å². The molecule has 0 heterocycles. The number of rotatable bonds is 16. The molecule has 0 fully saturated rings. The van der Waals surface area contributed by atoms with E-state index in [2.05, 4.69) is 16.0 Å². The summed E-state index contributed by atoms with van der Waals surface area (Å²) in [5.41, 5.74) is 11.5. The standard InChI is InChI=1S/C24H35N5O8/c1-3-13(2)20(23(35)28-17(24(36)37)12-18(26)30)29-22(34)16(11-14-7-5-4-6-8-14)27-21(33)15(25)9-10-19(31)32/h4-8,13,15-17,20H,3,9-12,25H2,1-2H3,(H2,26,30)(H,27,33)(H,28,35)(H,29,34)(H,31,32)(H,36,37). The first-order valence-corrected chi connectivity index (χ1v) is 11.8. The van der Waals surface area contributed by atoms with Gasteiger partial charge in [0.25, 0.3) is 0 Å². The monoisotopic (exact) mass is 521 g/mol. The number of primary amides is 1. The van der Waals surface area contributed by atoms with E-state index in [4.69, 9.17) is 16.6 Å². The van der Waals surface area contributed by atoms with Crippen molar-refractivity contribution < 1.29 is 39.0 Å². The van der Waals surface area contributed by atoms with E-state index < -0.39 is 72.1 Å². The summed E-state index contributed by atoms with van der Waals surface area (Å²) in [7, 11) is 0. The van der Waals surface area contributed by atoms with Gasteiger partial charge in [0.15, 0.2) is 0 Å². The molecule has 0 radical (unpaired) electrons. The van der Waals surface area contributed by atoms with Crippen LogP contribution in [0.3, 0.4) is 0 Å². The maximum Gasteiger partial charge on any atom is 0.326 e. The highest BCUT2D eigenvalue weighted by Crippen LogP contribution is 2.11. The molecule has 0 saturated carbocycles. The van der Waals surface area contributed by atoms with E-state index in [1.54, 1.807) is 44.2 Å². The van der Waals surface area contributed by atoms with Gasteiger partial charge in [-0.15, -0.1) is 0 Å². The minimum Gasteiger partial charge on any atom is -0.481 e. The Kier molecular flexibility index (Phi) is 12.7. The van der Waals surface area contributed by atoms with Crippen LogP contribution >= 0.6 is 0 Å². The number of carboxylic acids is 2. The van der Waals surface area contributed by atoms with E-state index in [1.807, 2.05) is 0 Å². The lowest BCUT2D eigenvalue weighted by atomic mass is 9.96. The molecule has 1 aromatic carbocycles. The van der Waals surface area contributed by atoms with Crippen LogP contribution in [0.4, 0.5) is 0 Å². The van der Waals surface area contributed by atoms with Gasteiger partial charge in [-0.3, -0.25) is 24.0 Å². The van der Waals surface area contributed by atoms with Crippen molar-refractivity contribution in [3.63, 3.8) is 0 Å². The molecular weight excluding hydrogens is 486 g/mol. The number of amides is 4. The molecule has 204 valence electrons.